The lowest BCUT2D eigenvalue weighted by atomic mass is 9.80. The van der Waals surface area contributed by atoms with Crippen molar-refractivity contribution in [2.24, 2.45) is 17.3 Å². The third-order valence-electron chi connectivity index (χ3n) is 3.77. The molecule has 0 aromatic carbocycles. The van der Waals surface area contributed by atoms with Gasteiger partial charge < -0.3 is 10.2 Å². The molecule has 0 radical (unpaired) electrons. The maximum absolute atomic E-state index is 3.53. The van der Waals surface area contributed by atoms with E-state index in [0.717, 1.165) is 11.8 Å². The molecule has 2 saturated heterocycles. The molecule has 2 heterocycles. The van der Waals surface area contributed by atoms with Crippen LogP contribution in [0.2, 0.25) is 0 Å². The third-order valence-corrected chi connectivity index (χ3v) is 3.77. The summed E-state index contributed by atoms with van der Waals surface area (Å²) >= 11 is 0. The maximum atomic E-state index is 3.53. The van der Waals surface area contributed by atoms with Crippen molar-refractivity contribution >= 4 is 0 Å². The van der Waals surface area contributed by atoms with Crippen molar-refractivity contribution < 1.29 is 0 Å². The highest BCUT2D eigenvalue weighted by Crippen LogP contribution is 2.29. The molecule has 0 aromatic heterocycles. The molecule has 0 amide bonds. The van der Waals surface area contributed by atoms with Crippen LogP contribution in [0.3, 0.4) is 0 Å². The van der Waals surface area contributed by atoms with Crippen LogP contribution in [-0.4, -0.2) is 37.6 Å². The topological polar surface area (TPSA) is 15.3 Å². The smallest absolute Gasteiger partial charge is 0.00302 e. The van der Waals surface area contributed by atoms with Crippen LogP contribution in [0.15, 0.2) is 0 Å². The van der Waals surface area contributed by atoms with E-state index in [9.17, 15) is 0 Å². The van der Waals surface area contributed by atoms with Crippen LogP contribution in [0.25, 0.3) is 0 Å². The van der Waals surface area contributed by atoms with Crippen molar-refractivity contribution in [3.8, 4) is 0 Å². The van der Waals surface area contributed by atoms with Crippen molar-refractivity contribution in [3.63, 3.8) is 0 Å². The van der Waals surface area contributed by atoms with E-state index in [1.54, 1.807) is 0 Å². The quantitative estimate of drug-likeness (QED) is 0.712. The van der Waals surface area contributed by atoms with E-state index in [1.165, 1.54) is 45.6 Å². The van der Waals surface area contributed by atoms with Gasteiger partial charge in [0.25, 0.3) is 0 Å². The predicted octanol–water partition coefficient (Wildman–Crippen LogP) is 1.96. The predicted molar refractivity (Wildman–Crippen MR) is 65.0 cm³/mol. The standard InChI is InChI=1S/C13H26N2/c1-13(2,3)10-15-7-5-11-8-14-6-4-12(11)9-15/h11-12,14H,4-10H2,1-3H3. The second kappa shape index (κ2) is 4.42. The average Bonchev–Trinajstić information content (AvgIpc) is 2.15. The Morgan fingerprint density at radius 3 is 2.73 bits per heavy atom. The Morgan fingerprint density at radius 1 is 1.20 bits per heavy atom. The SMILES string of the molecule is CC(C)(C)CN1CCC2CNCCC2C1. The fraction of sp³-hybridized carbons (Fsp3) is 1.00. The van der Waals surface area contributed by atoms with Crippen molar-refractivity contribution in [3.05, 3.63) is 0 Å². The number of piperidine rings is 2. The molecule has 0 aromatic rings. The summed E-state index contributed by atoms with van der Waals surface area (Å²) in [6, 6.07) is 0. The summed E-state index contributed by atoms with van der Waals surface area (Å²) in [5.41, 5.74) is 0.458. The van der Waals surface area contributed by atoms with E-state index in [2.05, 4.69) is 31.0 Å². The number of likely N-dealkylation sites (tertiary alicyclic amines) is 1. The number of hydrogen-bond donors (Lipinski definition) is 1. The molecular weight excluding hydrogens is 184 g/mol. The molecule has 1 N–H and O–H groups in total. The van der Waals surface area contributed by atoms with Gasteiger partial charge in [0.15, 0.2) is 0 Å². The van der Waals surface area contributed by atoms with Gasteiger partial charge in [-0.1, -0.05) is 20.8 Å². The second-order valence-electron chi connectivity index (χ2n) is 6.60. The highest BCUT2D eigenvalue weighted by Gasteiger charge is 2.32. The summed E-state index contributed by atoms with van der Waals surface area (Å²) in [4.78, 5) is 2.69. The molecule has 0 bridgehead atoms. The van der Waals surface area contributed by atoms with Gasteiger partial charge in [-0.15, -0.1) is 0 Å². The highest BCUT2D eigenvalue weighted by atomic mass is 15.1. The molecule has 2 rings (SSSR count). The Hall–Kier alpha value is -0.0800. The lowest BCUT2D eigenvalue weighted by Gasteiger charge is -2.43. The first kappa shape index (κ1) is 11.4. The van der Waals surface area contributed by atoms with Crippen LogP contribution < -0.4 is 5.32 Å². The first-order valence-electron chi connectivity index (χ1n) is 6.48. The van der Waals surface area contributed by atoms with Crippen molar-refractivity contribution in [1.29, 1.82) is 0 Å². The van der Waals surface area contributed by atoms with Crippen LogP contribution >= 0.6 is 0 Å². The van der Waals surface area contributed by atoms with Crippen LogP contribution in [0, 0.1) is 17.3 Å². The van der Waals surface area contributed by atoms with E-state index in [1.807, 2.05) is 0 Å². The number of fused-ring (bicyclic) bond motifs is 1. The monoisotopic (exact) mass is 210 g/mol. The molecule has 88 valence electrons. The maximum Gasteiger partial charge on any atom is 0.00302 e. The van der Waals surface area contributed by atoms with Gasteiger partial charge in [-0.2, -0.15) is 0 Å². The average molecular weight is 210 g/mol. The number of nitrogens with zero attached hydrogens (tertiary/aromatic N) is 1. The Morgan fingerprint density at radius 2 is 2.00 bits per heavy atom. The van der Waals surface area contributed by atoms with E-state index < -0.39 is 0 Å². The van der Waals surface area contributed by atoms with Gasteiger partial charge in [0.1, 0.15) is 0 Å². The first-order chi connectivity index (χ1) is 7.04. The molecular formula is C13H26N2. The minimum absolute atomic E-state index is 0.458. The van der Waals surface area contributed by atoms with Gasteiger partial charge in [-0.25, -0.2) is 0 Å². The number of nitrogens with one attached hydrogen (secondary N) is 1. The largest absolute Gasteiger partial charge is 0.316 e. The summed E-state index contributed by atoms with van der Waals surface area (Å²) in [5.74, 6) is 1.94. The highest BCUT2D eigenvalue weighted by molar-refractivity contribution is 4.86. The molecule has 2 atom stereocenters. The summed E-state index contributed by atoms with van der Waals surface area (Å²) in [6.45, 7) is 13.5. The van der Waals surface area contributed by atoms with Gasteiger partial charge in [0, 0.05) is 13.1 Å². The molecule has 0 saturated carbocycles. The lowest BCUT2D eigenvalue weighted by Crippen LogP contribution is -2.49. The molecule has 2 fully saturated rings. The third kappa shape index (κ3) is 3.18. The van der Waals surface area contributed by atoms with Gasteiger partial charge in [0.05, 0.1) is 0 Å². The van der Waals surface area contributed by atoms with E-state index in [-0.39, 0.29) is 0 Å². The van der Waals surface area contributed by atoms with Crippen LogP contribution in [-0.2, 0) is 0 Å². The Labute approximate surface area is 94.4 Å². The number of rotatable bonds is 1. The molecule has 0 spiro atoms. The van der Waals surface area contributed by atoms with Gasteiger partial charge in [-0.3, -0.25) is 0 Å². The summed E-state index contributed by atoms with van der Waals surface area (Å²) in [6.07, 6.45) is 2.80. The zero-order valence-electron chi connectivity index (χ0n) is 10.6. The van der Waals surface area contributed by atoms with Gasteiger partial charge in [-0.05, 0) is 49.7 Å². The van der Waals surface area contributed by atoms with Crippen LogP contribution in [0.4, 0.5) is 0 Å². The van der Waals surface area contributed by atoms with Gasteiger partial charge in [0.2, 0.25) is 0 Å². The van der Waals surface area contributed by atoms with E-state index in [4.69, 9.17) is 0 Å². The van der Waals surface area contributed by atoms with Crippen molar-refractivity contribution in [2.45, 2.75) is 33.6 Å². The summed E-state index contributed by atoms with van der Waals surface area (Å²) < 4.78 is 0. The Kier molecular flexibility index (Phi) is 3.36. The molecule has 2 aliphatic rings. The Bertz CT molecular complexity index is 207. The van der Waals surface area contributed by atoms with Crippen molar-refractivity contribution in [2.75, 3.05) is 32.7 Å². The lowest BCUT2D eigenvalue weighted by molar-refractivity contribution is 0.0712. The molecule has 2 heteroatoms. The number of hydrogen-bond acceptors (Lipinski definition) is 2. The molecule has 0 aliphatic carbocycles. The second-order valence-corrected chi connectivity index (χ2v) is 6.60. The Balaban J connectivity index is 1.85. The fourth-order valence-electron chi connectivity index (χ4n) is 3.14. The first-order valence-corrected chi connectivity index (χ1v) is 6.48. The normalized spacial score (nSPS) is 33.8. The van der Waals surface area contributed by atoms with E-state index >= 15 is 0 Å². The molecule has 2 nitrogen and oxygen atoms in total. The van der Waals surface area contributed by atoms with Gasteiger partial charge >= 0.3 is 0 Å². The molecule has 2 aliphatic heterocycles. The fourth-order valence-corrected chi connectivity index (χ4v) is 3.14. The zero-order chi connectivity index (χ0) is 10.9. The summed E-state index contributed by atoms with van der Waals surface area (Å²) in [7, 11) is 0. The minimum Gasteiger partial charge on any atom is -0.316 e. The summed E-state index contributed by atoms with van der Waals surface area (Å²) in [5, 5.41) is 3.53. The molecule has 2 unspecified atom stereocenters. The van der Waals surface area contributed by atoms with Crippen LogP contribution in [0.1, 0.15) is 33.6 Å². The van der Waals surface area contributed by atoms with E-state index in [0.29, 0.717) is 5.41 Å². The minimum atomic E-state index is 0.458. The zero-order valence-corrected chi connectivity index (χ0v) is 10.6. The van der Waals surface area contributed by atoms with Crippen LogP contribution in [0.5, 0.6) is 0 Å². The molecule has 15 heavy (non-hydrogen) atoms. The van der Waals surface area contributed by atoms with Crippen molar-refractivity contribution in [1.82, 2.24) is 10.2 Å².